The molecule has 1 unspecified atom stereocenters. The zero-order chi connectivity index (χ0) is 35.7. The molecule has 254 valence electrons. The highest BCUT2D eigenvalue weighted by Gasteiger charge is 2.40. The first kappa shape index (κ1) is 34.7. The number of imide groups is 1. The molecule has 1 saturated heterocycles. The molecule has 0 bridgehead atoms. The first-order chi connectivity index (χ1) is 24.7. The summed E-state index contributed by atoms with van der Waals surface area (Å²) in [5, 5.41) is 13.5. The van der Waals surface area contributed by atoms with Crippen LogP contribution < -0.4 is 15.5 Å². The fourth-order valence-corrected chi connectivity index (χ4v) is 6.37. The molecule has 5 aromatic rings. The molecule has 0 aliphatic carbocycles. The van der Waals surface area contributed by atoms with E-state index in [1.807, 2.05) is 60.7 Å². The zero-order valence-electron chi connectivity index (χ0n) is 28.0. The molecule has 1 aliphatic heterocycles. The van der Waals surface area contributed by atoms with E-state index in [9.17, 15) is 19.2 Å². The molecule has 1 atom stereocenters. The molecule has 6 rings (SSSR count). The number of nitrogens with one attached hydrogen (secondary N) is 2. The lowest BCUT2D eigenvalue weighted by atomic mass is 10.0. The second kappa shape index (κ2) is 16.1. The van der Waals surface area contributed by atoms with Crippen molar-refractivity contribution in [2.45, 2.75) is 36.3 Å². The van der Waals surface area contributed by atoms with E-state index in [1.54, 1.807) is 78.9 Å². The van der Waals surface area contributed by atoms with Gasteiger partial charge in [0.25, 0.3) is 11.8 Å². The van der Waals surface area contributed by atoms with Gasteiger partial charge in [-0.05, 0) is 95.9 Å². The van der Waals surface area contributed by atoms with E-state index >= 15 is 0 Å². The summed E-state index contributed by atoms with van der Waals surface area (Å²) in [5.41, 5.74) is 4.73. The number of rotatable bonds is 11. The summed E-state index contributed by atoms with van der Waals surface area (Å²) in [5.74, 6) is -1.12. The van der Waals surface area contributed by atoms with Crippen LogP contribution in [0.5, 0.6) is 0 Å². The van der Waals surface area contributed by atoms with Gasteiger partial charge in [0.2, 0.25) is 11.8 Å². The summed E-state index contributed by atoms with van der Waals surface area (Å²) in [7, 11) is 0. The predicted molar refractivity (Wildman–Crippen MR) is 201 cm³/mol. The average Bonchev–Trinajstić information content (AvgIpc) is 3.43. The number of hydrogen-bond acceptors (Lipinski definition) is 7. The molecule has 51 heavy (non-hydrogen) atoms. The highest BCUT2D eigenvalue weighted by Crippen LogP contribution is 2.35. The fourth-order valence-electron chi connectivity index (χ4n) is 5.31. The quantitative estimate of drug-likeness (QED) is 0.0813. The van der Waals surface area contributed by atoms with Gasteiger partial charge in [0.1, 0.15) is 5.70 Å². The Balaban J connectivity index is 1.10. The summed E-state index contributed by atoms with van der Waals surface area (Å²) in [6.45, 7) is 4.21. The first-order valence-electron chi connectivity index (χ1n) is 16.4. The molecule has 0 aromatic heterocycles. The van der Waals surface area contributed by atoms with Gasteiger partial charge in [-0.2, -0.15) is 10.2 Å². The Morgan fingerprint density at radius 1 is 0.765 bits per heavy atom. The number of azo groups is 1. The van der Waals surface area contributed by atoms with Crippen LogP contribution in [0.15, 0.2) is 154 Å². The van der Waals surface area contributed by atoms with Crippen molar-refractivity contribution in [2.75, 3.05) is 10.2 Å². The molecule has 0 radical (unpaired) electrons. The minimum absolute atomic E-state index is 0.0604. The maximum absolute atomic E-state index is 13.5. The first-order valence-corrected chi connectivity index (χ1v) is 17.3. The Hall–Kier alpha value is -6.13. The Labute approximate surface area is 300 Å². The molecule has 5 aromatic carbocycles. The minimum atomic E-state index is -0.597. The Bertz CT molecular complexity index is 2080. The molecule has 1 fully saturated rings. The number of nitrogens with zero attached hydrogens (tertiary/aromatic N) is 3. The summed E-state index contributed by atoms with van der Waals surface area (Å²) < 4.78 is 0. The van der Waals surface area contributed by atoms with Gasteiger partial charge in [0, 0.05) is 22.6 Å². The van der Waals surface area contributed by atoms with Crippen LogP contribution in [0, 0.1) is 0 Å². The van der Waals surface area contributed by atoms with Crippen LogP contribution in [-0.4, -0.2) is 28.9 Å². The van der Waals surface area contributed by atoms with Gasteiger partial charge in [0.05, 0.1) is 22.3 Å². The smallest absolute Gasteiger partial charge is 0.272 e. The fraction of sp³-hybridized carbons (Fsp3) is 0.122. The lowest BCUT2D eigenvalue weighted by Gasteiger charge is -2.15. The van der Waals surface area contributed by atoms with E-state index in [0.29, 0.717) is 28.5 Å². The van der Waals surface area contributed by atoms with Crippen molar-refractivity contribution in [2.24, 2.45) is 10.2 Å². The van der Waals surface area contributed by atoms with Crippen LogP contribution in [0.3, 0.4) is 0 Å². The molecule has 0 spiro atoms. The third-order valence-electron chi connectivity index (χ3n) is 8.08. The van der Waals surface area contributed by atoms with E-state index in [4.69, 9.17) is 0 Å². The topological polar surface area (TPSA) is 120 Å². The zero-order valence-corrected chi connectivity index (χ0v) is 28.8. The molecule has 1 aliphatic rings. The maximum atomic E-state index is 13.5. The highest BCUT2D eigenvalue weighted by atomic mass is 32.2. The van der Waals surface area contributed by atoms with Crippen LogP contribution in [-0.2, 0) is 14.4 Å². The summed E-state index contributed by atoms with van der Waals surface area (Å²) in [6.07, 6.45) is 1.70. The molecule has 4 amide bonds. The number of benzene rings is 5. The van der Waals surface area contributed by atoms with Gasteiger partial charge < -0.3 is 10.6 Å². The van der Waals surface area contributed by atoms with Crippen LogP contribution in [0.25, 0.3) is 6.08 Å². The van der Waals surface area contributed by atoms with Crippen molar-refractivity contribution in [1.82, 2.24) is 5.32 Å². The number of carbonyl (C=O) groups excluding carboxylic acids is 4. The normalized spacial score (nSPS) is 14.7. The Kier molecular flexibility index (Phi) is 10.9. The van der Waals surface area contributed by atoms with Crippen LogP contribution in [0.4, 0.5) is 22.7 Å². The van der Waals surface area contributed by atoms with E-state index in [1.165, 1.54) is 16.7 Å². The van der Waals surface area contributed by atoms with Crippen molar-refractivity contribution in [1.29, 1.82) is 0 Å². The Morgan fingerprint density at radius 3 is 2.00 bits per heavy atom. The van der Waals surface area contributed by atoms with E-state index in [0.717, 1.165) is 21.7 Å². The number of anilines is 2. The lowest BCUT2D eigenvalue weighted by Crippen LogP contribution is -2.31. The van der Waals surface area contributed by atoms with Gasteiger partial charge in [-0.1, -0.05) is 74.5 Å². The van der Waals surface area contributed by atoms with Gasteiger partial charge in [-0.3, -0.25) is 19.2 Å². The van der Waals surface area contributed by atoms with E-state index in [2.05, 4.69) is 34.7 Å². The number of carbonyl (C=O) groups is 4. The van der Waals surface area contributed by atoms with Crippen molar-refractivity contribution in [3.8, 4) is 0 Å². The minimum Gasteiger partial charge on any atom is -0.321 e. The monoisotopic (exact) mass is 693 g/mol. The number of hydrogen-bond donors (Lipinski definition) is 2. The van der Waals surface area contributed by atoms with E-state index in [-0.39, 0.29) is 23.9 Å². The second-order valence-corrected chi connectivity index (χ2v) is 13.4. The standard InChI is InChI=1S/C41H35N5O4S/c1-27(2)29-15-13-28(14-16-29)25-36(43-39(48)30-9-5-3-6-10-30)40(49)42-31-19-23-35(24-20-31)51-37-26-38(47)46(41(37)50)34-21-17-33(18-22-34)45-44-32-11-7-4-8-12-32/h3-25,27,37H,26H2,1-2H3,(H,42,49)(H,43,48)/b36-25-,45-44?. The maximum Gasteiger partial charge on any atom is 0.272 e. The van der Waals surface area contributed by atoms with Crippen LogP contribution >= 0.6 is 11.8 Å². The van der Waals surface area contributed by atoms with Crippen molar-refractivity contribution >= 4 is 64.2 Å². The molecular formula is C41H35N5O4S. The molecule has 9 nitrogen and oxygen atoms in total. The van der Waals surface area contributed by atoms with Crippen LogP contribution in [0.2, 0.25) is 0 Å². The summed E-state index contributed by atoms with van der Waals surface area (Å²) in [4.78, 5) is 54.7. The molecule has 0 saturated carbocycles. The Morgan fingerprint density at radius 2 is 1.37 bits per heavy atom. The van der Waals surface area contributed by atoms with Gasteiger partial charge >= 0.3 is 0 Å². The lowest BCUT2D eigenvalue weighted by molar-refractivity contribution is -0.121. The predicted octanol–water partition coefficient (Wildman–Crippen LogP) is 9.06. The van der Waals surface area contributed by atoms with Crippen LogP contribution in [0.1, 0.15) is 47.7 Å². The summed E-state index contributed by atoms with van der Waals surface area (Å²) in [6, 6.07) is 39.7. The van der Waals surface area contributed by atoms with Crippen molar-refractivity contribution in [3.05, 3.63) is 156 Å². The van der Waals surface area contributed by atoms with Crippen molar-refractivity contribution < 1.29 is 19.2 Å². The van der Waals surface area contributed by atoms with Gasteiger partial charge in [-0.15, -0.1) is 11.8 Å². The average molecular weight is 694 g/mol. The van der Waals surface area contributed by atoms with Gasteiger partial charge in [-0.25, -0.2) is 4.90 Å². The van der Waals surface area contributed by atoms with Gasteiger partial charge in [0.15, 0.2) is 0 Å². The summed E-state index contributed by atoms with van der Waals surface area (Å²) >= 11 is 1.29. The number of thioether (sulfide) groups is 1. The number of amides is 4. The highest BCUT2D eigenvalue weighted by molar-refractivity contribution is 8.00. The molecule has 2 N–H and O–H groups in total. The second-order valence-electron chi connectivity index (χ2n) is 12.1. The third-order valence-corrected chi connectivity index (χ3v) is 9.28. The molecule has 1 heterocycles. The third kappa shape index (κ3) is 8.92. The molecular weight excluding hydrogens is 659 g/mol. The van der Waals surface area contributed by atoms with E-state index < -0.39 is 17.1 Å². The largest absolute Gasteiger partial charge is 0.321 e. The molecule has 10 heteroatoms. The SMILES string of the molecule is CC(C)c1ccc(/C=C(\NC(=O)c2ccccc2)C(=O)Nc2ccc(SC3CC(=O)N(c4ccc(N=Nc5ccccc5)cc4)C3=O)cc2)cc1. The van der Waals surface area contributed by atoms with Crippen molar-refractivity contribution in [3.63, 3.8) is 0 Å².